The number of allylic oxidation sites excluding steroid dienone is 1. The topological polar surface area (TPSA) is 30.7 Å². The number of pyridine rings is 1. The van der Waals surface area contributed by atoms with Crippen molar-refractivity contribution in [3.05, 3.63) is 193 Å². The third-order valence-electron chi connectivity index (χ3n) is 9.09. The first kappa shape index (κ1) is 35.7. The summed E-state index contributed by atoms with van der Waals surface area (Å²) in [6.07, 6.45) is 1.79. The molecule has 53 heavy (non-hydrogen) atoms. The Hall–Kier alpha value is -5.71. The molecule has 0 bridgehead atoms. The third kappa shape index (κ3) is 7.33. The van der Waals surface area contributed by atoms with E-state index in [9.17, 15) is 0 Å². The van der Waals surface area contributed by atoms with E-state index in [1.165, 1.54) is 32.5 Å². The molecule has 0 aliphatic carbocycles. The molecular formula is C48H35IrN3S-2. The summed E-state index contributed by atoms with van der Waals surface area (Å²) in [5, 5.41) is 4.78. The molecule has 0 atom stereocenters. The molecule has 9 aromatic rings. The monoisotopic (exact) mass is 878 g/mol. The minimum Gasteiger partial charge on any atom is -0.332 e. The van der Waals surface area contributed by atoms with Gasteiger partial charge in [0.05, 0.1) is 22.5 Å². The first-order valence-electron chi connectivity index (χ1n) is 17.3. The molecule has 0 aliphatic heterocycles. The second-order valence-electron chi connectivity index (χ2n) is 12.8. The van der Waals surface area contributed by atoms with E-state index in [-0.39, 0.29) is 20.1 Å². The summed E-state index contributed by atoms with van der Waals surface area (Å²) in [7, 11) is 0. The Morgan fingerprint density at radius 1 is 0.717 bits per heavy atom. The van der Waals surface area contributed by atoms with Gasteiger partial charge in [0.2, 0.25) is 0 Å². The number of hydrogen-bond donors (Lipinski definition) is 0. The van der Waals surface area contributed by atoms with Crippen LogP contribution in [0.2, 0.25) is 0 Å². The van der Waals surface area contributed by atoms with Gasteiger partial charge in [0.15, 0.2) is 0 Å². The number of thiophene rings is 1. The van der Waals surface area contributed by atoms with E-state index in [2.05, 4.69) is 157 Å². The normalized spacial score (nSPS) is 10.8. The molecule has 0 spiro atoms. The van der Waals surface area contributed by atoms with Crippen molar-refractivity contribution in [1.82, 2.24) is 14.5 Å². The van der Waals surface area contributed by atoms with Gasteiger partial charge in [0.25, 0.3) is 0 Å². The van der Waals surface area contributed by atoms with Crippen molar-refractivity contribution >= 4 is 38.0 Å². The van der Waals surface area contributed by atoms with Gasteiger partial charge in [0.1, 0.15) is 0 Å². The molecule has 3 nitrogen and oxygen atoms in total. The Kier molecular flexibility index (Phi) is 10.7. The van der Waals surface area contributed by atoms with E-state index < -0.39 is 0 Å². The van der Waals surface area contributed by atoms with Gasteiger partial charge in [-0.3, -0.25) is 16.3 Å². The molecule has 5 heteroatoms. The molecule has 0 fully saturated rings. The van der Waals surface area contributed by atoms with Crippen molar-refractivity contribution < 1.29 is 20.1 Å². The SMILES string of the molecule is C=C(C)c1ccc2s[c-]c(-c3nc4ccccc4n3-c3c(-c4ccccc4)cc(C)cc3-c3ccccc3)c2c1.[Ir].[c-]1ccccc1-c1ccccn1. The fourth-order valence-electron chi connectivity index (χ4n) is 6.60. The summed E-state index contributed by atoms with van der Waals surface area (Å²) in [5.41, 5.74) is 14.3. The number of hydrogen-bond acceptors (Lipinski definition) is 3. The summed E-state index contributed by atoms with van der Waals surface area (Å²) in [5.74, 6) is 0.893. The van der Waals surface area contributed by atoms with Crippen LogP contribution in [0.5, 0.6) is 0 Å². The Balaban J connectivity index is 0.000000284. The van der Waals surface area contributed by atoms with Crippen LogP contribution in [0.4, 0.5) is 0 Å². The maximum Gasteiger partial charge on any atom is 0.0774 e. The minimum absolute atomic E-state index is 0. The van der Waals surface area contributed by atoms with Crippen LogP contribution < -0.4 is 0 Å². The maximum absolute atomic E-state index is 5.26. The van der Waals surface area contributed by atoms with Gasteiger partial charge < -0.3 is 9.55 Å². The van der Waals surface area contributed by atoms with Crippen LogP contribution in [0.1, 0.15) is 18.1 Å². The van der Waals surface area contributed by atoms with Gasteiger partial charge in [-0.2, -0.15) is 0 Å². The average molecular weight is 878 g/mol. The molecule has 0 amide bonds. The van der Waals surface area contributed by atoms with E-state index in [0.717, 1.165) is 55.9 Å². The van der Waals surface area contributed by atoms with Crippen LogP contribution in [-0.2, 0) is 20.1 Å². The van der Waals surface area contributed by atoms with Crippen molar-refractivity contribution in [2.45, 2.75) is 13.8 Å². The van der Waals surface area contributed by atoms with Gasteiger partial charge in [-0.1, -0.05) is 131 Å². The molecule has 0 saturated carbocycles. The first-order valence-corrected chi connectivity index (χ1v) is 18.1. The first-order chi connectivity index (χ1) is 25.5. The van der Waals surface area contributed by atoms with Crippen LogP contribution in [0.25, 0.3) is 77.3 Å². The summed E-state index contributed by atoms with van der Waals surface area (Å²) in [6, 6.07) is 57.7. The van der Waals surface area contributed by atoms with E-state index in [4.69, 9.17) is 4.98 Å². The van der Waals surface area contributed by atoms with Crippen molar-refractivity contribution in [1.29, 1.82) is 0 Å². The van der Waals surface area contributed by atoms with Gasteiger partial charge in [0, 0.05) is 37.4 Å². The summed E-state index contributed by atoms with van der Waals surface area (Å²) >= 11 is 1.64. The number of para-hydroxylation sites is 2. The fourth-order valence-corrected chi connectivity index (χ4v) is 7.42. The molecule has 6 aromatic carbocycles. The van der Waals surface area contributed by atoms with Crippen molar-refractivity contribution in [2.24, 2.45) is 0 Å². The molecule has 0 saturated heterocycles. The predicted molar refractivity (Wildman–Crippen MR) is 220 cm³/mol. The Morgan fingerprint density at radius 3 is 2.02 bits per heavy atom. The van der Waals surface area contributed by atoms with E-state index in [1.54, 1.807) is 17.5 Å². The molecule has 259 valence electrons. The van der Waals surface area contributed by atoms with Crippen LogP contribution in [0.15, 0.2) is 171 Å². The van der Waals surface area contributed by atoms with Crippen LogP contribution in [0, 0.1) is 18.4 Å². The zero-order valence-corrected chi connectivity index (χ0v) is 32.6. The number of imidazole rings is 1. The minimum atomic E-state index is 0. The number of benzene rings is 6. The van der Waals surface area contributed by atoms with Crippen LogP contribution >= 0.6 is 11.3 Å². The number of aromatic nitrogens is 3. The average Bonchev–Trinajstić information content (AvgIpc) is 3.80. The zero-order valence-electron chi connectivity index (χ0n) is 29.4. The van der Waals surface area contributed by atoms with Crippen LogP contribution in [-0.4, -0.2) is 14.5 Å². The number of fused-ring (bicyclic) bond motifs is 2. The molecule has 0 unspecified atom stereocenters. The smallest absolute Gasteiger partial charge is 0.0774 e. The predicted octanol–water partition coefficient (Wildman–Crippen LogP) is 12.9. The summed E-state index contributed by atoms with van der Waals surface area (Å²) in [4.78, 5) is 9.48. The van der Waals surface area contributed by atoms with Gasteiger partial charge in [-0.05, 0) is 72.1 Å². The Bertz CT molecular complexity index is 2550. The van der Waals surface area contributed by atoms with Crippen molar-refractivity contribution in [2.75, 3.05) is 0 Å². The fraction of sp³-hybridized carbons (Fsp3) is 0.0417. The molecular weight excluding hydrogens is 843 g/mol. The second kappa shape index (κ2) is 15.9. The molecule has 9 rings (SSSR count). The van der Waals surface area contributed by atoms with Crippen molar-refractivity contribution in [3.8, 4) is 50.6 Å². The summed E-state index contributed by atoms with van der Waals surface area (Å²) < 4.78 is 3.54. The van der Waals surface area contributed by atoms with E-state index in [0.29, 0.717) is 0 Å². The standard InChI is InChI=1S/C37H27N2S.C11H8N.Ir/c1-24(2)28-18-19-35-31(22-28)32(23-40-35)37-38-33-16-10-11-17-34(33)39(37)36-29(26-12-6-4-7-13-26)20-25(3)21-30(36)27-14-8-5-9-15-27;1-2-6-10(7-3-1)11-8-4-5-9-12-11;/h4-22H,1H2,2-3H3;1-6,8-9H;/q2*-1;. The molecule has 0 N–H and O–H groups in total. The van der Waals surface area contributed by atoms with Gasteiger partial charge in [-0.15, -0.1) is 41.3 Å². The number of rotatable bonds is 6. The maximum atomic E-state index is 5.26. The second-order valence-corrected chi connectivity index (χ2v) is 13.6. The number of nitrogens with zero attached hydrogens (tertiary/aromatic N) is 3. The largest absolute Gasteiger partial charge is 0.332 e. The van der Waals surface area contributed by atoms with E-state index in [1.807, 2.05) is 42.5 Å². The van der Waals surface area contributed by atoms with Gasteiger partial charge >= 0.3 is 0 Å². The van der Waals surface area contributed by atoms with E-state index >= 15 is 0 Å². The molecule has 1 radical (unpaired) electrons. The molecule has 3 aromatic heterocycles. The van der Waals surface area contributed by atoms with Gasteiger partial charge in [-0.25, -0.2) is 0 Å². The molecule has 3 heterocycles. The Labute approximate surface area is 328 Å². The molecule has 0 aliphatic rings. The quantitative estimate of drug-likeness (QED) is 0.156. The number of aryl methyl sites for hydroxylation is 1. The summed E-state index contributed by atoms with van der Waals surface area (Å²) in [6.45, 7) is 8.42. The zero-order chi connectivity index (χ0) is 35.4. The van der Waals surface area contributed by atoms with Crippen LogP contribution in [0.3, 0.4) is 0 Å². The van der Waals surface area contributed by atoms with Crippen molar-refractivity contribution in [3.63, 3.8) is 0 Å². The Morgan fingerprint density at radius 2 is 1.38 bits per heavy atom. The third-order valence-corrected chi connectivity index (χ3v) is 9.97.